The van der Waals surface area contributed by atoms with Gasteiger partial charge in [-0.2, -0.15) is 24.2 Å². The highest BCUT2D eigenvalue weighted by atomic mass is 19.3. The Balaban J connectivity index is 1.56. The van der Waals surface area contributed by atoms with Crippen molar-refractivity contribution in [2.24, 2.45) is 7.05 Å². The van der Waals surface area contributed by atoms with Gasteiger partial charge in [0, 0.05) is 31.8 Å². The topological polar surface area (TPSA) is 119 Å². The summed E-state index contributed by atoms with van der Waals surface area (Å²) in [7, 11) is 2.86. The van der Waals surface area contributed by atoms with Gasteiger partial charge in [0.25, 0.3) is 5.91 Å². The number of halogens is 3. The first-order valence-corrected chi connectivity index (χ1v) is 11.5. The van der Waals surface area contributed by atoms with E-state index in [4.69, 9.17) is 4.74 Å². The molecule has 0 N–H and O–H groups in total. The molecular formula is C25H20F3N7O3. The molecule has 0 saturated carbocycles. The molecule has 194 valence electrons. The van der Waals surface area contributed by atoms with Crippen LogP contribution in [-0.4, -0.2) is 61.0 Å². The number of rotatable bonds is 6. The van der Waals surface area contributed by atoms with E-state index in [-0.39, 0.29) is 41.8 Å². The minimum Gasteiger partial charge on any atom is -0.467 e. The molecule has 1 aromatic carbocycles. The average Bonchev–Trinajstić information content (AvgIpc) is 3.53. The number of methoxy groups -OCH3 is 1. The Kier molecular flexibility index (Phi) is 6.31. The molecule has 1 aliphatic rings. The molecule has 0 saturated heterocycles. The molecule has 0 radical (unpaired) electrons. The predicted octanol–water partition coefficient (Wildman–Crippen LogP) is 3.02. The second-order valence-corrected chi connectivity index (χ2v) is 8.72. The molecule has 5 rings (SSSR count). The quantitative estimate of drug-likeness (QED) is 0.357. The Morgan fingerprint density at radius 3 is 2.74 bits per heavy atom. The van der Waals surface area contributed by atoms with Crippen LogP contribution in [0, 0.1) is 17.1 Å². The van der Waals surface area contributed by atoms with Gasteiger partial charge in [0.15, 0.2) is 0 Å². The Morgan fingerprint density at radius 1 is 1.26 bits per heavy atom. The molecule has 1 aliphatic heterocycles. The zero-order valence-corrected chi connectivity index (χ0v) is 20.2. The number of nitrogens with zero attached hydrogens (tertiary/aromatic N) is 7. The molecule has 13 heteroatoms. The highest BCUT2D eigenvalue weighted by Gasteiger charge is 2.38. The van der Waals surface area contributed by atoms with Gasteiger partial charge in [-0.15, -0.1) is 0 Å². The Morgan fingerprint density at radius 2 is 2.05 bits per heavy atom. The maximum absolute atomic E-state index is 15.1. The van der Waals surface area contributed by atoms with E-state index in [0.29, 0.717) is 26.8 Å². The first kappa shape index (κ1) is 24.9. The third kappa shape index (κ3) is 4.13. The molecule has 0 bridgehead atoms. The number of esters is 1. The molecule has 4 aromatic rings. The smallest absolute Gasteiger partial charge is 0.333 e. The van der Waals surface area contributed by atoms with Crippen LogP contribution in [0.2, 0.25) is 0 Å². The molecular weight excluding hydrogens is 503 g/mol. The number of ether oxygens (including phenoxy) is 1. The van der Waals surface area contributed by atoms with Gasteiger partial charge >= 0.3 is 12.5 Å². The van der Waals surface area contributed by atoms with Gasteiger partial charge in [-0.25, -0.2) is 18.9 Å². The summed E-state index contributed by atoms with van der Waals surface area (Å²) in [4.78, 5) is 32.0. The number of aromatic nitrogens is 5. The summed E-state index contributed by atoms with van der Waals surface area (Å²) < 4.78 is 47.9. The first-order chi connectivity index (χ1) is 18.2. The third-order valence-corrected chi connectivity index (χ3v) is 6.58. The van der Waals surface area contributed by atoms with Gasteiger partial charge in [-0.3, -0.25) is 9.48 Å². The molecule has 0 aliphatic carbocycles. The lowest BCUT2D eigenvalue weighted by Crippen LogP contribution is -2.50. The van der Waals surface area contributed by atoms with Crippen LogP contribution in [0.4, 0.5) is 13.2 Å². The summed E-state index contributed by atoms with van der Waals surface area (Å²) in [6.07, 6.45) is 3.79. The van der Waals surface area contributed by atoms with Gasteiger partial charge in [0.05, 0.1) is 41.8 Å². The number of carbonyl (C=O) groups excluding carboxylic acids is 2. The lowest BCUT2D eigenvalue weighted by molar-refractivity contribution is -0.146. The van der Waals surface area contributed by atoms with E-state index >= 15 is 4.39 Å². The van der Waals surface area contributed by atoms with Crippen LogP contribution in [0.15, 0.2) is 36.8 Å². The zero-order valence-electron chi connectivity index (χ0n) is 20.2. The maximum atomic E-state index is 15.1. The monoisotopic (exact) mass is 523 g/mol. The van der Waals surface area contributed by atoms with Crippen molar-refractivity contribution in [1.82, 2.24) is 29.4 Å². The molecule has 4 heterocycles. The molecule has 0 unspecified atom stereocenters. The standard InChI is InChI=1S/C25H20F3N7O3/c1-33-19-8-14(9-29)22(32-18(19)11-30-33)16-3-4-17(26)21-15(16)5-6-34(23(21)36)20(24(37)38-2)7-13-10-31-35(12-13)25(27)28/h3-4,8,10-12,20,25H,5-7H2,1-2H3/t20-/m1/s1. The van der Waals surface area contributed by atoms with Crippen molar-refractivity contribution in [2.75, 3.05) is 13.7 Å². The summed E-state index contributed by atoms with van der Waals surface area (Å²) in [5.74, 6) is -2.34. The zero-order chi connectivity index (χ0) is 27.1. The highest BCUT2D eigenvalue weighted by molar-refractivity contribution is 6.01. The van der Waals surface area contributed by atoms with Crippen LogP contribution < -0.4 is 0 Å². The summed E-state index contributed by atoms with van der Waals surface area (Å²) in [6, 6.07) is 5.13. The van der Waals surface area contributed by atoms with Crippen molar-refractivity contribution in [3.05, 3.63) is 64.9 Å². The average molecular weight is 523 g/mol. The van der Waals surface area contributed by atoms with Crippen LogP contribution in [0.1, 0.15) is 33.6 Å². The number of pyridine rings is 1. The summed E-state index contributed by atoms with van der Waals surface area (Å²) >= 11 is 0. The van der Waals surface area contributed by atoms with Gasteiger partial charge in [0.2, 0.25) is 0 Å². The molecule has 10 nitrogen and oxygen atoms in total. The van der Waals surface area contributed by atoms with Gasteiger partial charge in [-0.05, 0) is 35.7 Å². The number of carbonyl (C=O) groups is 2. The van der Waals surface area contributed by atoms with Crippen LogP contribution in [0.25, 0.3) is 22.3 Å². The van der Waals surface area contributed by atoms with Crippen LogP contribution in [-0.2, 0) is 29.4 Å². The van der Waals surface area contributed by atoms with E-state index in [2.05, 4.69) is 21.3 Å². The van der Waals surface area contributed by atoms with Crippen molar-refractivity contribution >= 4 is 22.9 Å². The third-order valence-electron chi connectivity index (χ3n) is 6.58. The fourth-order valence-electron chi connectivity index (χ4n) is 4.74. The molecule has 3 aromatic heterocycles. The van der Waals surface area contributed by atoms with Crippen molar-refractivity contribution in [2.45, 2.75) is 25.4 Å². The van der Waals surface area contributed by atoms with Crippen molar-refractivity contribution in [1.29, 1.82) is 5.26 Å². The number of amides is 1. The minimum absolute atomic E-state index is 0.0159. The number of nitriles is 1. The second kappa shape index (κ2) is 9.62. The minimum atomic E-state index is -2.87. The van der Waals surface area contributed by atoms with Crippen LogP contribution in [0.3, 0.4) is 0 Å². The van der Waals surface area contributed by atoms with Gasteiger partial charge in [-0.1, -0.05) is 0 Å². The number of aryl methyl sites for hydroxylation is 1. The molecule has 38 heavy (non-hydrogen) atoms. The maximum Gasteiger partial charge on any atom is 0.333 e. The Labute approximate surface area is 213 Å². The van der Waals surface area contributed by atoms with E-state index in [9.17, 15) is 23.6 Å². The summed E-state index contributed by atoms with van der Waals surface area (Å²) in [5.41, 5.74) is 2.49. The highest BCUT2D eigenvalue weighted by Crippen LogP contribution is 2.35. The number of alkyl halides is 2. The SMILES string of the molecule is COC(=O)[C@@H](Cc1cnn(C(F)F)c1)N1CCc2c(-c3nc4cnn(C)c4cc3C#N)ccc(F)c2C1=O. The lowest BCUT2D eigenvalue weighted by Gasteiger charge is -2.34. The summed E-state index contributed by atoms with van der Waals surface area (Å²) in [6.45, 7) is -2.85. The summed E-state index contributed by atoms with van der Waals surface area (Å²) in [5, 5.41) is 17.5. The van der Waals surface area contributed by atoms with E-state index < -0.39 is 30.3 Å². The van der Waals surface area contributed by atoms with Crippen LogP contribution in [0.5, 0.6) is 0 Å². The number of fused-ring (bicyclic) bond motifs is 2. The molecule has 0 fully saturated rings. The number of hydrogen-bond donors (Lipinski definition) is 0. The van der Waals surface area contributed by atoms with E-state index in [1.165, 1.54) is 17.2 Å². The molecule has 0 spiro atoms. The van der Waals surface area contributed by atoms with Crippen molar-refractivity contribution in [3.63, 3.8) is 0 Å². The van der Waals surface area contributed by atoms with Gasteiger partial charge in [0.1, 0.15) is 23.4 Å². The van der Waals surface area contributed by atoms with E-state index in [1.54, 1.807) is 24.0 Å². The fraction of sp³-hybridized carbons (Fsp3) is 0.280. The van der Waals surface area contributed by atoms with E-state index in [1.807, 2.05) is 0 Å². The first-order valence-electron chi connectivity index (χ1n) is 11.5. The molecule has 1 atom stereocenters. The van der Waals surface area contributed by atoms with Gasteiger partial charge < -0.3 is 9.64 Å². The van der Waals surface area contributed by atoms with Crippen LogP contribution >= 0.6 is 0 Å². The second-order valence-electron chi connectivity index (χ2n) is 8.72. The fourth-order valence-corrected chi connectivity index (χ4v) is 4.74. The number of hydrogen-bond acceptors (Lipinski definition) is 7. The molecule has 1 amide bonds. The largest absolute Gasteiger partial charge is 0.467 e. The van der Waals surface area contributed by atoms with E-state index in [0.717, 1.165) is 19.4 Å². The Hall–Kier alpha value is -4.73. The normalized spacial score (nSPS) is 14.0. The van der Waals surface area contributed by atoms with Crippen molar-refractivity contribution in [3.8, 4) is 17.3 Å². The van der Waals surface area contributed by atoms with Crippen molar-refractivity contribution < 1.29 is 27.5 Å². The Bertz CT molecular complexity index is 1620. The lowest BCUT2D eigenvalue weighted by atomic mass is 9.89. The predicted molar refractivity (Wildman–Crippen MR) is 126 cm³/mol. The number of benzene rings is 1.